The third kappa shape index (κ3) is 4.37. The SMILES string of the molecule is CNC(=C1CC1)/C(=C\c1cc(Br)ccc1OC(C)C)NC=O. The lowest BCUT2D eigenvalue weighted by Gasteiger charge is -2.15. The van der Waals surface area contributed by atoms with E-state index in [4.69, 9.17) is 4.74 Å². The quantitative estimate of drug-likeness (QED) is 0.726. The Morgan fingerprint density at radius 1 is 1.36 bits per heavy atom. The Hall–Kier alpha value is -1.75. The van der Waals surface area contributed by atoms with Gasteiger partial charge in [-0.05, 0) is 56.5 Å². The van der Waals surface area contributed by atoms with Gasteiger partial charge in [0.25, 0.3) is 0 Å². The molecule has 1 amide bonds. The van der Waals surface area contributed by atoms with E-state index in [9.17, 15) is 4.79 Å². The van der Waals surface area contributed by atoms with Crippen molar-refractivity contribution in [1.29, 1.82) is 0 Å². The largest absolute Gasteiger partial charge is 0.490 e. The van der Waals surface area contributed by atoms with Crippen LogP contribution in [0.5, 0.6) is 5.75 Å². The fourth-order valence-corrected chi connectivity index (χ4v) is 2.59. The molecule has 0 radical (unpaired) electrons. The van der Waals surface area contributed by atoms with Gasteiger partial charge in [-0.25, -0.2) is 0 Å². The third-order valence-electron chi connectivity index (χ3n) is 3.22. The monoisotopic (exact) mass is 364 g/mol. The molecule has 118 valence electrons. The molecule has 1 aromatic carbocycles. The summed E-state index contributed by atoms with van der Waals surface area (Å²) in [5.74, 6) is 0.791. The molecule has 1 aliphatic rings. The molecule has 2 rings (SSSR count). The van der Waals surface area contributed by atoms with Crippen LogP contribution in [0.3, 0.4) is 0 Å². The highest BCUT2D eigenvalue weighted by molar-refractivity contribution is 9.10. The highest BCUT2D eigenvalue weighted by Crippen LogP contribution is 2.34. The molecule has 2 N–H and O–H groups in total. The third-order valence-corrected chi connectivity index (χ3v) is 3.71. The summed E-state index contributed by atoms with van der Waals surface area (Å²) in [6, 6.07) is 5.85. The summed E-state index contributed by atoms with van der Waals surface area (Å²) in [7, 11) is 1.87. The van der Waals surface area contributed by atoms with Gasteiger partial charge in [-0.1, -0.05) is 15.9 Å². The zero-order valence-corrected chi connectivity index (χ0v) is 14.7. The minimum Gasteiger partial charge on any atom is -0.490 e. The Labute approximate surface area is 139 Å². The minimum absolute atomic E-state index is 0.0846. The molecule has 1 fully saturated rings. The highest BCUT2D eigenvalue weighted by atomic mass is 79.9. The predicted octanol–water partition coefficient (Wildman–Crippen LogP) is 3.59. The van der Waals surface area contributed by atoms with Gasteiger partial charge in [0, 0.05) is 17.1 Å². The van der Waals surface area contributed by atoms with Crippen molar-refractivity contribution in [1.82, 2.24) is 10.6 Å². The predicted molar refractivity (Wildman–Crippen MR) is 92.4 cm³/mol. The average molecular weight is 365 g/mol. The summed E-state index contributed by atoms with van der Waals surface area (Å²) in [6.45, 7) is 3.98. The van der Waals surface area contributed by atoms with E-state index in [1.807, 2.05) is 45.2 Å². The normalized spacial score (nSPS) is 13.9. The molecule has 1 saturated carbocycles. The summed E-state index contributed by atoms with van der Waals surface area (Å²) in [4.78, 5) is 11.0. The van der Waals surface area contributed by atoms with E-state index in [1.165, 1.54) is 5.57 Å². The van der Waals surface area contributed by atoms with Crippen LogP contribution in [0.15, 0.2) is 39.6 Å². The molecule has 0 spiro atoms. The summed E-state index contributed by atoms with van der Waals surface area (Å²) in [5, 5.41) is 5.97. The number of hydrogen-bond donors (Lipinski definition) is 2. The molecule has 0 aliphatic heterocycles. The molecule has 0 atom stereocenters. The Morgan fingerprint density at radius 3 is 2.64 bits per heavy atom. The van der Waals surface area contributed by atoms with Gasteiger partial charge >= 0.3 is 0 Å². The van der Waals surface area contributed by atoms with Crippen molar-refractivity contribution in [2.75, 3.05) is 7.05 Å². The smallest absolute Gasteiger partial charge is 0.211 e. The second-order valence-corrected chi connectivity index (χ2v) is 6.31. The molecule has 22 heavy (non-hydrogen) atoms. The van der Waals surface area contributed by atoms with Crippen LogP contribution in [0.1, 0.15) is 32.3 Å². The summed E-state index contributed by atoms with van der Waals surface area (Å²) >= 11 is 3.48. The van der Waals surface area contributed by atoms with E-state index in [2.05, 4.69) is 26.6 Å². The molecule has 1 aliphatic carbocycles. The van der Waals surface area contributed by atoms with Crippen molar-refractivity contribution in [3.63, 3.8) is 0 Å². The van der Waals surface area contributed by atoms with Crippen LogP contribution < -0.4 is 15.4 Å². The van der Waals surface area contributed by atoms with Gasteiger partial charge in [0.2, 0.25) is 6.41 Å². The van der Waals surface area contributed by atoms with Crippen LogP contribution in [0.25, 0.3) is 6.08 Å². The van der Waals surface area contributed by atoms with Crippen molar-refractivity contribution < 1.29 is 9.53 Å². The van der Waals surface area contributed by atoms with Crippen molar-refractivity contribution >= 4 is 28.4 Å². The number of ether oxygens (including phenoxy) is 1. The number of allylic oxidation sites excluding steroid dienone is 1. The van der Waals surface area contributed by atoms with Crippen LogP contribution in [-0.2, 0) is 4.79 Å². The zero-order valence-electron chi connectivity index (χ0n) is 13.1. The van der Waals surface area contributed by atoms with Crippen LogP contribution in [0.2, 0.25) is 0 Å². The van der Waals surface area contributed by atoms with Crippen molar-refractivity contribution in [2.24, 2.45) is 0 Å². The first kappa shape index (κ1) is 16.6. The lowest BCUT2D eigenvalue weighted by atomic mass is 10.1. The second-order valence-electron chi connectivity index (χ2n) is 5.40. The molecule has 0 heterocycles. The number of benzene rings is 1. The molecule has 0 saturated heterocycles. The molecule has 0 aromatic heterocycles. The molecule has 0 bridgehead atoms. The van der Waals surface area contributed by atoms with Gasteiger partial charge in [-0.3, -0.25) is 4.79 Å². The van der Waals surface area contributed by atoms with E-state index in [1.54, 1.807) is 0 Å². The van der Waals surface area contributed by atoms with E-state index >= 15 is 0 Å². The number of halogens is 1. The maximum absolute atomic E-state index is 11.0. The van der Waals surface area contributed by atoms with E-state index in [0.29, 0.717) is 6.41 Å². The molecular weight excluding hydrogens is 344 g/mol. The van der Waals surface area contributed by atoms with Crippen molar-refractivity contribution in [3.8, 4) is 5.75 Å². The minimum atomic E-state index is 0.0846. The molecular formula is C17H21BrN2O2. The lowest BCUT2D eigenvalue weighted by molar-refractivity contribution is -0.108. The second kappa shape index (κ2) is 7.49. The first-order valence-corrected chi connectivity index (χ1v) is 8.12. The number of carbonyl (C=O) groups excluding carboxylic acids is 1. The summed E-state index contributed by atoms with van der Waals surface area (Å²) in [5.41, 5.74) is 3.99. The number of hydrogen-bond acceptors (Lipinski definition) is 3. The van der Waals surface area contributed by atoms with Gasteiger partial charge in [0.15, 0.2) is 0 Å². The standard InChI is InChI=1S/C17H21BrN2O2/c1-11(2)22-16-7-6-14(18)8-13(16)9-15(20-10-21)17(19-3)12-4-5-12/h6-11,19H,4-5H2,1-3H3,(H,20,21)/b15-9+. The summed E-state index contributed by atoms with van der Waals surface area (Å²) < 4.78 is 6.81. The number of rotatable bonds is 7. The molecule has 1 aromatic rings. The average Bonchev–Trinajstić information content (AvgIpc) is 3.27. The Bertz CT molecular complexity index is 615. The highest BCUT2D eigenvalue weighted by Gasteiger charge is 2.20. The first-order valence-electron chi connectivity index (χ1n) is 7.33. The van der Waals surface area contributed by atoms with Gasteiger partial charge in [0.05, 0.1) is 17.5 Å². The Kier molecular flexibility index (Phi) is 5.66. The maximum atomic E-state index is 11.0. The van der Waals surface area contributed by atoms with E-state index < -0.39 is 0 Å². The fraction of sp³-hybridized carbons (Fsp3) is 0.353. The fourth-order valence-electron chi connectivity index (χ4n) is 2.21. The number of carbonyl (C=O) groups is 1. The number of likely N-dealkylation sites (N-methyl/N-ethyl adjacent to an activating group) is 1. The van der Waals surface area contributed by atoms with Gasteiger partial charge in [-0.15, -0.1) is 0 Å². The lowest BCUT2D eigenvalue weighted by Crippen LogP contribution is -2.20. The van der Waals surface area contributed by atoms with Gasteiger partial charge in [0.1, 0.15) is 5.75 Å². The zero-order chi connectivity index (χ0) is 16.1. The Morgan fingerprint density at radius 2 is 2.09 bits per heavy atom. The molecule has 5 heteroatoms. The number of amides is 1. The van der Waals surface area contributed by atoms with E-state index in [-0.39, 0.29) is 6.10 Å². The maximum Gasteiger partial charge on any atom is 0.211 e. The summed E-state index contributed by atoms with van der Waals surface area (Å²) in [6.07, 6.45) is 4.87. The Balaban J connectivity index is 2.45. The van der Waals surface area contributed by atoms with Crippen LogP contribution in [0, 0.1) is 0 Å². The van der Waals surface area contributed by atoms with E-state index in [0.717, 1.165) is 40.0 Å². The van der Waals surface area contributed by atoms with Crippen molar-refractivity contribution in [3.05, 3.63) is 45.2 Å². The topological polar surface area (TPSA) is 50.4 Å². The first-order chi connectivity index (χ1) is 10.5. The van der Waals surface area contributed by atoms with Gasteiger partial charge < -0.3 is 15.4 Å². The van der Waals surface area contributed by atoms with Crippen LogP contribution >= 0.6 is 15.9 Å². The number of nitrogens with one attached hydrogen (secondary N) is 2. The molecule has 4 nitrogen and oxygen atoms in total. The van der Waals surface area contributed by atoms with Gasteiger partial charge in [-0.2, -0.15) is 0 Å². The molecule has 0 unspecified atom stereocenters. The van der Waals surface area contributed by atoms with Crippen LogP contribution in [0.4, 0.5) is 0 Å². The van der Waals surface area contributed by atoms with Crippen LogP contribution in [-0.4, -0.2) is 19.6 Å². The van der Waals surface area contributed by atoms with Crippen molar-refractivity contribution in [2.45, 2.75) is 32.8 Å².